The van der Waals surface area contributed by atoms with E-state index in [1.165, 1.54) is 0 Å². The van der Waals surface area contributed by atoms with Gasteiger partial charge in [-0.1, -0.05) is 5.16 Å². The molecule has 0 atom stereocenters. The monoisotopic (exact) mass is 282 g/mol. The van der Waals surface area contributed by atoms with Gasteiger partial charge in [-0.2, -0.15) is 0 Å². The number of rotatable bonds is 5. The Bertz CT molecular complexity index is 587. The van der Waals surface area contributed by atoms with E-state index in [0.29, 0.717) is 37.6 Å². The predicted molar refractivity (Wildman–Crippen MR) is 71.7 cm³/mol. The molecule has 102 valence electrons. The second kappa shape index (κ2) is 5.16. The Morgan fingerprint density at radius 1 is 1.63 bits per heavy atom. The minimum absolute atomic E-state index is 0.323. The first kappa shape index (κ1) is 12.4. The highest BCUT2D eigenvalue weighted by atomic mass is 32.1. The summed E-state index contributed by atoms with van der Waals surface area (Å²) >= 11 is 1.60. The van der Waals surface area contributed by atoms with Gasteiger partial charge in [0.1, 0.15) is 23.2 Å². The molecule has 0 saturated heterocycles. The van der Waals surface area contributed by atoms with Crippen LogP contribution in [-0.4, -0.2) is 21.4 Å². The zero-order valence-corrected chi connectivity index (χ0v) is 11.1. The van der Waals surface area contributed by atoms with Gasteiger partial charge < -0.3 is 10.6 Å². The van der Waals surface area contributed by atoms with Crippen LogP contribution in [0.2, 0.25) is 0 Å². The largest absolute Gasteiger partial charge is 0.388 e. The molecule has 7 heteroatoms. The highest BCUT2D eigenvalue weighted by Gasteiger charge is 2.29. The summed E-state index contributed by atoms with van der Waals surface area (Å²) in [5, 5.41) is 5.88. The van der Waals surface area contributed by atoms with Gasteiger partial charge in [0, 0.05) is 11.8 Å². The van der Waals surface area contributed by atoms with Crippen LogP contribution in [-0.2, 0) is 11.4 Å². The number of halogens is 1. The summed E-state index contributed by atoms with van der Waals surface area (Å²) in [5.41, 5.74) is 6.74. The fraction of sp³-hybridized carbons (Fsp3) is 0.500. The van der Waals surface area contributed by atoms with Crippen molar-refractivity contribution >= 4 is 22.0 Å². The maximum Gasteiger partial charge on any atom is 0.158 e. The van der Waals surface area contributed by atoms with E-state index in [4.69, 9.17) is 10.6 Å². The average molecular weight is 282 g/mol. The molecule has 3 rings (SSSR count). The zero-order valence-electron chi connectivity index (χ0n) is 10.3. The van der Waals surface area contributed by atoms with Gasteiger partial charge in [-0.15, -0.1) is 11.3 Å². The SMILES string of the molecule is N/C(CC1CC(F)C1)=N\OCc1csc2cncn12. The third kappa shape index (κ3) is 2.70. The first-order valence-corrected chi connectivity index (χ1v) is 7.07. The summed E-state index contributed by atoms with van der Waals surface area (Å²) in [6.45, 7) is 0.355. The first-order valence-electron chi connectivity index (χ1n) is 6.19. The topological polar surface area (TPSA) is 64.9 Å². The number of thiazole rings is 1. The van der Waals surface area contributed by atoms with E-state index in [0.717, 1.165) is 10.5 Å². The van der Waals surface area contributed by atoms with Crippen LogP contribution in [0.25, 0.3) is 4.83 Å². The molecule has 2 N–H and O–H groups in total. The lowest BCUT2D eigenvalue weighted by Crippen LogP contribution is -2.29. The third-order valence-corrected chi connectivity index (χ3v) is 4.23. The van der Waals surface area contributed by atoms with Crippen LogP contribution >= 0.6 is 11.3 Å². The first-order chi connectivity index (χ1) is 9.22. The van der Waals surface area contributed by atoms with Gasteiger partial charge in [0.05, 0.1) is 11.9 Å². The Morgan fingerprint density at radius 3 is 3.26 bits per heavy atom. The lowest BCUT2D eigenvalue weighted by Gasteiger charge is -2.28. The highest BCUT2D eigenvalue weighted by molar-refractivity contribution is 7.15. The minimum Gasteiger partial charge on any atom is -0.388 e. The van der Waals surface area contributed by atoms with Gasteiger partial charge in [0.15, 0.2) is 6.61 Å². The molecule has 1 saturated carbocycles. The quantitative estimate of drug-likeness (QED) is 0.520. The molecular formula is C12H15FN4OS. The Hall–Kier alpha value is -1.63. The number of aromatic nitrogens is 2. The molecule has 5 nitrogen and oxygen atoms in total. The van der Waals surface area contributed by atoms with Crippen LogP contribution in [0.15, 0.2) is 23.1 Å². The smallest absolute Gasteiger partial charge is 0.158 e. The number of alkyl halides is 1. The van der Waals surface area contributed by atoms with Crippen molar-refractivity contribution in [2.24, 2.45) is 16.8 Å². The molecule has 1 fully saturated rings. The second-order valence-corrected chi connectivity index (χ2v) is 5.71. The molecule has 0 aromatic carbocycles. The van der Waals surface area contributed by atoms with Crippen molar-refractivity contribution in [1.82, 2.24) is 9.38 Å². The molecule has 0 spiro atoms. The fourth-order valence-electron chi connectivity index (χ4n) is 2.21. The molecule has 0 aliphatic heterocycles. The molecule has 0 radical (unpaired) electrons. The van der Waals surface area contributed by atoms with E-state index in [1.807, 2.05) is 9.78 Å². The number of fused-ring (bicyclic) bond motifs is 1. The van der Waals surface area contributed by atoms with E-state index >= 15 is 0 Å². The van der Waals surface area contributed by atoms with Crippen molar-refractivity contribution in [1.29, 1.82) is 0 Å². The third-order valence-electron chi connectivity index (χ3n) is 3.30. The number of oxime groups is 1. The maximum atomic E-state index is 12.7. The van der Waals surface area contributed by atoms with Crippen LogP contribution in [0.4, 0.5) is 4.39 Å². The van der Waals surface area contributed by atoms with E-state index in [2.05, 4.69) is 10.1 Å². The van der Waals surface area contributed by atoms with Crippen molar-refractivity contribution < 1.29 is 9.23 Å². The molecule has 1 aliphatic carbocycles. The van der Waals surface area contributed by atoms with E-state index in [1.54, 1.807) is 23.9 Å². The van der Waals surface area contributed by atoms with E-state index in [-0.39, 0.29) is 0 Å². The molecule has 1 aliphatic rings. The lowest BCUT2D eigenvalue weighted by molar-refractivity contribution is 0.119. The Balaban J connectivity index is 1.50. The number of nitrogens with zero attached hydrogens (tertiary/aromatic N) is 3. The van der Waals surface area contributed by atoms with Crippen molar-refractivity contribution in [2.45, 2.75) is 32.0 Å². The van der Waals surface area contributed by atoms with Gasteiger partial charge in [0.2, 0.25) is 0 Å². The van der Waals surface area contributed by atoms with E-state index in [9.17, 15) is 4.39 Å². The van der Waals surface area contributed by atoms with Crippen LogP contribution in [0.3, 0.4) is 0 Å². The number of imidazole rings is 1. The second-order valence-electron chi connectivity index (χ2n) is 4.82. The molecule has 2 aromatic heterocycles. The Labute approximate surface area is 113 Å². The summed E-state index contributed by atoms with van der Waals surface area (Å²) in [7, 11) is 0. The number of nitrogens with two attached hydrogens (primary N) is 1. The molecule has 0 amide bonds. The van der Waals surface area contributed by atoms with Crippen molar-refractivity contribution in [2.75, 3.05) is 0 Å². The van der Waals surface area contributed by atoms with E-state index < -0.39 is 6.17 Å². The standard InChI is InChI=1S/C12H15FN4OS/c13-9-1-8(2-9)3-11(14)16-18-5-10-6-19-12-4-15-7-17(10)12/h4,6-9H,1-3,5H2,(H2,14,16). The predicted octanol–water partition coefficient (Wildman–Crippen LogP) is 2.32. The summed E-state index contributed by atoms with van der Waals surface area (Å²) in [5.74, 6) is 0.762. The highest BCUT2D eigenvalue weighted by Crippen LogP contribution is 2.32. The lowest BCUT2D eigenvalue weighted by atomic mass is 9.81. The minimum atomic E-state index is -0.654. The zero-order chi connectivity index (χ0) is 13.2. The summed E-state index contributed by atoms with van der Waals surface area (Å²) in [6, 6.07) is 0. The fourth-order valence-corrected chi connectivity index (χ4v) is 3.05. The summed E-state index contributed by atoms with van der Waals surface area (Å²) in [6.07, 6.45) is 4.69. The van der Waals surface area contributed by atoms with Gasteiger partial charge in [-0.3, -0.25) is 4.40 Å². The van der Waals surface area contributed by atoms with Crippen LogP contribution in [0, 0.1) is 5.92 Å². The normalized spacial score (nSPS) is 23.5. The molecular weight excluding hydrogens is 267 g/mol. The van der Waals surface area contributed by atoms with Crippen molar-refractivity contribution in [3.8, 4) is 0 Å². The Kier molecular flexibility index (Phi) is 3.37. The number of hydrogen-bond donors (Lipinski definition) is 1. The van der Waals surface area contributed by atoms with Gasteiger partial charge in [-0.05, 0) is 18.8 Å². The Morgan fingerprint density at radius 2 is 2.47 bits per heavy atom. The van der Waals surface area contributed by atoms with Crippen LogP contribution in [0.1, 0.15) is 25.0 Å². The molecule has 2 aromatic rings. The molecule has 0 bridgehead atoms. The maximum absolute atomic E-state index is 12.7. The van der Waals surface area contributed by atoms with Crippen molar-refractivity contribution in [3.63, 3.8) is 0 Å². The molecule has 2 heterocycles. The van der Waals surface area contributed by atoms with Crippen LogP contribution < -0.4 is 5.73 Å². The molecule has 19 heavy (non-hydrogen) atoms. The van der Waals surface area contributed by atoms with Crippen LogP contribution in [0.5, 0.6) is 0 Å². The average Bonchev–Trinajstić information content (AvgIpc) is 2.91. The number of hydrogen-bond acceptors (Lipinski definition) is 4. The van der Waals surface area contributed by atoms with Gasteiger partial charge >= 0.3 is 0 Å². The van der Waals surface area contributed by atoms with Gasteiger partial charge in [-0.25, -0.2) is 9.37 Å². The summed E-state index contributed by atoms with van der Waals surface area (Å²) in [4.78, 5) is 10.4. The van der Waals surface area contributed by atoms with Crippen molar-refractivity contribution in [3.05, 3.63) is 23.6 Å². The molecule has 0 unspecified atom stereocenters. The van der Waals surface area contributed by atoms with Gasteiger partial charge in [0.25, 0.3) is 0 Å². The summed E-state index contributed by atoms with van der Waals surface area (Å²) < 4.78 is 14.6. The number of amidine groups is 1.